The van der Waals surface area contributed by atoms with Crippen LogP contribution in [0.3, 0.4) is 0 Å². The molecule has 1 aliphatic heterocycles. The molecule has 0 N–H and O–H groups in total. The van der Waals surface area contributed by atoms with Crippen molar-refractivity contribution in [3.05, 3.63) is 33.8 Å². The molecule has 0 radical (unpaired) electrons. The van der Waals surface area contributed by atoms with Gasteiger partial charge in [0.05, 0.1) is 16.6 Å². The normalized spacial score (nSPS) is 15.8. The predicted molar refractivity (Wildman–Crippen MR) is 70.5 cm³/mol. The van der Waals surface area contributed by atoms with Crippen molar-refractivity contribution < 1.29 is 0 Å². The van der Waals surface area contributed by atoms with E-state index in [9.17, 15) is 0 Å². The first-order chi connectivity index (χ1) is 7.77. The first-order valence-corrected chi connectivity index (χ1v) is 5.99. The SMILES string of the molecule is Clc1cccc(C=NCC2=NCCC2)c1Cl. The van der Waals surface area contributed by atoms with Crippen molar-refractivity contribution in [3.8, 4) is 0 Å². The van der Waals surface area contributed by atoms with Gasteiger partial charge in [0.25, 0.3) is 0 Å². The van der Waals surface area contributed by atoms with E-state index in [1.165, 1.54) is 5.71 Å². The Balaban J connectivity index is 2.03. The van der Waals surface area contributed by atoms with Crippen LogP contribution in [0.2, 0.25) is 10.0 Å². The van der Waals surface area contributed by atoms with Gasteiger partial charge < -0.3 is 0 Å². The maximum atomic E-state index is 6.04. The highest BCUT2D eigenvalue weighted by molar-refractivity contribution is 6.43. The zero-order chi connectivity index (χ0) is 11.4. The van der Waals surface area contributed by atoms with Crippen molar-refractivity contribution in [3.63, 3.8) is 0 Å². The van der Waals surface area contributed by atoms with E-state index in [2.05, 4.69) is 9.98 Å². The monoisotopic (exact) mass is 254 g/mol. The minimum atomic E-state index is 0.557. The van der Waals surface area contributed by atoms with Gasteiger partial charge in [-0.1, -0.05) is 35.3 Å². The molecule has 0 unspecified atom stereocenters. The Hall–Kier alpha value is -0.860. The van der Waals surface area contributed by atoms with E-state index < -0.39 is 0 Å². The van der Waals surface area contributed by atoms with Gasteiger partial charge in [-0.05, 0) is 18.9 Å². The van der Waals surface area contributed by atoms with Crippen LogP contribution < -0.4 is 0 Å². The second-order valence-corrected chi connectivity index (χ2v) is 4.45. The second-order valence-electron chi connectivity index (χ2n) is 3.66. The third-order valence-corrected chi connectivity index (χ3v) is 3.28. The van der Waals surface area contributed by atoms with Gasteiger partial charge in [-0.25, -0.2) is 0 Å². The molecule has 4 heteroatoms. The summed E-state index contributed by atoms with van der Waals surface area (Å²) in [7, 11) is 0. The highest BCUT2D eigenvalue weighted by Crippen LogP contribution is 2.24. The Morgan fingerprint density at radius 1 is 1.38 bits per heavy atom. The number of aliphatic imine (C=N–C) groups is 2. The molecule has 0 amide bonds. The molecule has 0 saturated carbocycles. The molecule has 0 atom stereocenters. The first-order valence-electron chi connectivity index (χ1n) is 5.23. The molecular formula is C12H12Cl2N2. The van der Waals surface area contributed by atoms with Crippen LogP contribution in [0.1, 0.15) is 18.4 Å². The minimum absolute atomic E-state index is 0.557. The molecule has 0 bridgehead atoms. The summed E-state index contributed by atoms with van der Waals surface area (Å²) in [4.78, 5) is 8.68. The Morgan fingerprint density at radius 3 is 3.00 bits per heavy atom. The molecule has 0 spiro atoms. The van der Waals surface area contributed by atoms with Gasteiger partial charge in [0.1, 0.15) is 0 Å². The Kier molecular flexibility index (Phi) is 3.97. The molecule has 1 aromatic carbocycles. The molecule has 0 fully saturated rings. The summed E-state index contributed by atoms with van der Waals surface area (Å²) >= 11 is 11.9. The highest BCUT2D eigenvalue weighted by atomic mass is 35.5. The number of hydrogen-bond acceptors (Lipinski definition) is 2. The molecule has 1 aliphatic rings. The Labute approximate surface area is 105 Å². The van der Waals surface area contributed by atoms with Crippen molar-refractivity contribution >= 4 is 35.1 Å². The first kappa shape index (κ1) is 11.6. The van der Waals surface area contributed by atoms with Crippen LogP contribution in [0.25, 0.3) is 0 Å². The van der Waals surface area contributed by atoms with Crippen LogP contribution >= 0.6 is 23.2 Å². The van der Waals surface area contributed by atoms with E-state index >= 15 is 0 Å². The van der Waals surface area contributed by atoms with Crippen LogP contribution in [0, 0.1) is 0 Å². The van der Waals surface area contributed by atoms with Gasteiger partial charge in [0.2, 0.25) is 0 Å². The van der Waals surface area contributed by atoms with E-state index in [1.54, 1.807) is 12.3 Å². The molecule has 84 valence electrons. The fraction of sp³-hybridized carbons (Fsp3) is 0.333. The van der Waals surface area contributed by atoms with Crippen molar-refractivity contribution in [2.45, 2.75) is 12.8 Å². The Bertz CT molecular complexity index is 439. The highest BCUT2D eigenvalue weighted by Gasteiger charge is 2.05. The summed E-state index contributed by atoms with van der Waals surface area (Å²) in [5.41, 5.74) is 2.03. The molecule has 0 aliphatic carbocycles. The van der Waals surface area contributed by atoms with Gasteiger partial charge in [0.15, 0.2) is 0 Å². The Morgan fingerprint density at radius 2 is 2.25 bits per heavy atom. The maximum absolute atomic E-state index is 6.04. The van der Waals surface area contributed by atoms with Gasteiger partial charge in [0, 0.05) is 24.0 Å². The van der Waals surface area contributed by atoms with Crippen molar-refractivity contribution in [2.75, 3.05) is 13.1 Å². The third-order valence-electron chi connectivity index (χ3n) is 2.44. The zero-order valence-corrected chi connectivity index (χ0v) is 10.3. The zero-order valence-electron chi connectivity index (χ0n) is 8.79. The van der Waals surface area contributed by atoms with Gasteiger partial charge in [-0.2, -0.15) is 0 Å². The minimum Gasteiger partial charge on any atom is -0.292 e. The average molecular weight is 255 g/mol. The molecule has 2 rings (SSSR count). The molecule has 2 nitrogen and oxygen atoms in total. The standard InChI is InChI=1S/C12H12Cl2N2/c13-11-5-1-3-9(12(11)14)7-15-8-10-4-2-6-16-10/h1,3,5,7H,2,4,6,8H2. The van der Waals surface area contributed by atoms with Gasteiger partial charge in [-0.3, -0.25) is 9.98 Å². The van der Waals surface area contributed by atoms with Crippen LogP contribution in [0.15, 0.2) is 28.2 Å². The largest absolute Gasteiger partial charge is 0.292 e. The van der Waals surface area contributed by atoms with E-state index in [1.807, 2.05) is 12.1 Å². The lowest BCUT2D eigenvalue weighted by molar-refractivity contribution is 0.949. The second kappa shape index (κ2) is 5.46. The van der Waals surface area contributed by atoms with E-state index in [0.29, 0.717) is 16.6 Å². The molecule has 0 saturated heterocycles. The van der Waals surface area contributed by atoms with E-state index in [-0.39, 0.29) is 0 Å². The summed E-state index contributed by atoms with van der Waals surface area (Å²) in [5, 5.41) is 1.12. The summed E-state index contributed by atoms with van der Waals surface area (Å²) < 4.78 is 0. The maximum Gasteiger partial charge on any atom is 0.0768 e. The topological polar surface area (TPSA) is 24.7 Å². The van der Waals surface area contributed by atoms with Gasteiger partial charge in [-0.15, -0.1) is 0 Å². The lowest BCUT2D eigenvalue weighted by Crippen LogP contribution is -1.98. The van der Waals surface area contributed by atoms with Crippen LogP contribution in [0.4, 0.5) is 0 Å². The average Bonchev–Trinajstić information content (AvgIpc) is 2.77. The van der Waals surface area contributed by atoms with Gasteiger partial charge >= 0.3 is 0 Å². The van der Waals surface area contributed by atoms with Crippen LogP contribution in [0.5, 0.6) is 0 Å². The summed E-state index contributed by atoms with van der Waals surface area (Å²) in [6.07, 6.45) is 3.98. The van der Waals surface area contributed by atoms with E-state index in [4.69, 9.17) is 23.2 Å². The third kappa shape index (κ3) is 2.83. The summed E-state index contributed by atoms with van der Waals surface area (Å²) in [5.74, 6) is 0. The smallest absolute Gasteiger partial charge is 0.0768 e. The number of nitrogens with zero attached hydrogens (tertiary/aromatic N) is 2. The predicted octanol–water partition coefficient (Wildman–Crippen LogP) is 3.65. The van der Waals surface area contributed by atoms with Crippen molar-refractivity contribution in [1.82, 2.24) is 0 Å². The number of rotatable bonds is 3. The quantitative estimate of drug-likeness (QED) is 0.736. The molecule has 1 aromatic rings. The lowest BCUT2D eigenvalue weighted by Gasteiger charge is -1.99. The molecule has 0 aromatic heterocycles. The van der Waals surface area contributed by atoms with Crippen LogP contribution in [-0.2, 0) is 0 Å². The number of hydrogen-bond donors (Lipinski definition) is 0. The van der Waals surface area contributed by atoms with Crippen molar-refractivity contribution in [1.29, 1.82) is 0 Å². The number of benzene rings is 1. The van der Waals surface area contributed by atoms with E-state index in [0.717, 1.165) is 24.9 Å². The molecular weight excluding hydrogens is 243 g/mol. The van der Waals surface area contributed by atoms with Crippen LogP contribution in [-0.4, -0.2) is 25.0 Å². The summed E-state index contributed by atoms with van der Waals surface area (Å²) in [6, 6.07) is 5.53. The fourth-order valence-corrected chi connectivity index (χ4v) is 1.95. The molecule has 1 heterocycles. The summed E-state index contributed by atoms with van der Waals surface area (Å²) in [6.45, 7) is 1.62. The number of halogens is 2. The molecule has 16 heavy (non-hydrogen) atoms. The fourth-order valence-electron chi connectivity index (χ4n) is 1.60. The van der Waals surface area contributed by atoms with Crippen molar-refractivity contribution in [2.24, 2.45) is 9.98 Å². The lowest BCUT2D eigenvalue weighted by atomic mass is 10.2.